The Bertz CT molecular complexity index is 559. The predicted molar refractivity (Wildman–Crippen MR) is 126 cm³/mol. The van der Waals surface area contributed by atoms with Crippen LogP contribution in [0.3, 0.4) is 0 Å². The number of hydrogen-bond donors (Lipinski definition) is 1. The highest BCUT2D eigenvalue weighted by atomic mass is 127. The molecule has 158 valence electrons. The smallest absolute Gasteiger partial charge is 0.193 e. The van der Waals surface area contributed by atoms with Crippen LogP contribution in [0.25, 0.3) is 0 Å². The van der Waals surface area contributed by atoms with Gasteiger partial charge in [-0.15, -0.1) is 24.0 Å². The molecule has 2 aliphatic heterocycles. The molecule has 0 aliphatic carbocycles. The summed E-state index contributed by atoms with van der Waals surface area (Å²) in [6, 6.07) is 10.6. The van der Waals surface area contributed by atoms with Gasteiger partial charge in [0, 0.05) is 71.9 Å². The second kappa shape index (κ2) is 13.2. The van der Waals surface area contributed by atoms with Crippen LogP contribution in [0.15, 0.2) is 35.3 Å². The Morgan fingerprint density at radius 3 is 2.54 bits per heavy atom. The van der Waals surface area contributed by atoms with E-state index in [2.05, 4.69) is 50.4 Å². The van der Waals surface area contributed by atoms with E-state index in [1.807, 2.05) is 7.05 Å². The molecular weight excluding hydrogens is 467 g/mol. The first-order chi connectivity index (χ1) is 13.4. The SMILES string of the molecule is CN=C(NCCCOCC1CCOCC1)N1CCN(c2ccccc2)CC1.I. The van der Waals surface area contributed by atoms with E-state index in [4.69, 9.17) is 9.47 Å². The molecule has 0 spiro atoms. The highest BCUT2D eigenvalue weighted by molar-refractivity contribution is 14.0. The molecule has 0 atom stereocenters. The molecule has 2 aliphatic rings. The maximum absolute atomic E-state index is 5.84. The molecule has 3 rings (SSSR count). The average Bonchev–Trinajstić information content (AvgIpc) is 2.75. The number of ether oxygens (including phenoxy) is 2. The van der Waals surface area contributed by atoms with Crippen molar-refractivity contribution in [3.8, 4) is 0 Å². The number of nitrogens with zero attached hydrogens (tertiary/aromatic N) is 3. The van der Waals surface area contributed by atoms with Gasteiger partial charge in [0.05, 0.1) is 0 Å². The normalized spacial score (nSPS) is 18.7. The summed E-state index contributed by atoms with van der Waals surface area (Å²) in [5.41, 5.74) is 1.31. The summed E-state index contributed by atoms with van der Waals surface area (Å²) in [6.07, 6.45) is 3.28. The summed E-state index contributed by atoms with van der Waals surface area (Å²) in [4.78, 5) is 9.25. The standard InChI is InChI=1S/C21H34N4O2.HI/c1-22-21(23-10-5-15-27-18-19-8-16-26-17-9-19)25-13-11-24(12-14-25)20-6-3-2-4-7-20;/h2-4,6-7,19H,5,8-18H2,1H3,(H,22,23);1H. The van der Waals surface area contributed by atoms with E-state index in [1.54, 1.807) is 0 Å². The molecule has 28 heavy (non-hydrogen) atoms. The Labute approximate surface area is 186 Å². The van der Waals surface area contributed by atoms with Gasteiger partial charge in [-0.3, -0.25) is 4.99 Å². The molecule has 1 aromatic carbocycles. The fourth-order valence-corrected chi connectivity index (χ4v) is 3.69. The lowest BCUT2D eigenvalue weighted by Gasteiger charge is -2.37. The lowest BCUT2D eigenvalue weighted by Crippen LogP contribution is -2.52. The Kier molecular flexibility index (Phi) is 11.0. The summed E-state index contributed by atoms with van der Waals surface area (Å²) in [5, 5.41) is 3.49. The topological polar surface area (TPSA) is 49.3 Å². The molecule has 2 heterocycles. The summed E-state index contributed by atoms with van der Waals surface area (Å²) >= 11 is 0. The second-order valence-corrected chi connectivity index (χ2v) is 7.27. The molecule has 0 unspecified atom stereocenters. The minimum Gasteiger partial charge on any atom is -0.381 e. The molecule has 2 saturated heterocycles. The molecule has 0 aromatic heterocycles. The van der Waals surface area contributed by atoms with Crippen molar-refractivity contribution in [2.24, 2.45) is 10.9 Å². The first kappa shape index (κ1) is 23.2. The minimum atomic E-state index is 0. The number of aliphatic imine (C=N–C) groups is 1. The number of para-hydroxylation sites is 1. The molecule has 1 N–H and O–H groups in total. The van der Waals surface area contributed by atoms with E-state index in [9.17, 15) is 0 Å². The van der Waals surface area contributed by atoms with Gasteiger partial charge < -0.3 is 24.6 Å². The van der Waals surface area contributed by atoms with Crippen LogP contribution in [0, 0.1) is 5.92 Å². The fourth-order valence-electron chi connectivity index (χ4n) is 3.69. The third kappa shape index (κ3) is 7.40. The number of guanidine groups is 1. The molecule has 0 amide bonds. The molecule has 7 heteroatoms. The zero-order valence-electron chi connectivity index (χ0n) is 17.0. The number of rotatable bonds is 7. The average molecular weight is 502 g/mol. The van der Waals surface area contributed by atoms with Crippen molar-refractivity contribution in [3.63, 3.8) is 0 Å². The van der Waals surface area contributed by atoms with Gasteiger partial charge in [-0.1, -0.05) is 18.2 Å². The van der Waals surface area contributed by atoms with E-state index in [-0.39, 0.29) is 24.0 Å². The van der Waals surface area contributed by atoms with Gasteiger partial charge in [0.1, 0.15) is 0 Å². The van der Waals surface area contributed by atoms with Crippen LogP contribution in [0.1, 0.15) is 19.3 Å². The van der Waals surface area contributed by atoms with Gasteiger partial charge in [-0.25, -0.2) is 0 Å². The number of benzene rings is 1. The third-order valence-corrected chi connectivity index (χ3v) is 5.36. The predicted octanol–water partition coefficient (Wildman–Crippen LogP) is 2.84. The maximum atomic E-state index is 5.84. The van der Waals surface area contributed by atoms with E-state index in [1.165, 1.54) is 5.69 Å². The van der Waals surface area contributed by atoms with Crippen molar-refractivity contribution in [3.05, 3.63) is 30.3 Å². The van der Waals surface area contributed by atoms with Gasteiger partial charge in [0.25, 0.3) is 0 Å². The van der Waals surface area contributed by atoms with E-state index < -0.39 is 0 Å². The molecule has 0 bridgehead atoms. The maximum Gasteiger partial charge on any atom is 0.193 e. The van der Waals surface area contributed by atoms with Gasteiger partial charge >= 0.3 is 0 Å². The fraction of sp³-hybridized carbons (Fsp3) is 0.667. The highest BCUT2D eigenvalue weighted by Gasteiger charge is 2.19. The number of nitrogens with one attached hydrogen (secondary N) is 1. The Morgan fingerprint density at radius 2 is 1.86 bits per heavy atom. The van der Waals surface area contributed by atoms with Crippen LogP contribution in [-0.2, 0) is 9.47 Å². The van der Waals surface area contributed by atoms with Gasteiger partial charge in [-0.05, 0) is 37.3 Å². The Morgan fingerprint density at radius 1 is 1.14 bits per heavy atom. The van der Waals surface area contributed by atoms with Crippen molar-refractivity contribution < 1.29 is 9.47 Å². The summed E-state index contributed by atoms with van der Waals surface area (Å²) < 4.78 is 11.2. The first-order valence-corrected chi connectivity index (χ1v) is 10.3. The van der Waals surface area contributed by atoms with Gasteiger partial charge in [0.2, 0.25) is 0 Å². The number of hydrogen-bond acceptors (Lipinski definition) is 4. The largest absolute Gasteiger partial charge is 0.381 e. The molecule has 2 fully saturated rings. The number of piperazine rings is 1. The van der Waals surface area contributed by atoms with Gasteiger partial charge in [0.15, 0.2) is 5.96 Å². The summed E-state index contributed by atoms with van der Waals surface area (Å²) in [5.74, 6) is 1.69. The molecule has 0 radical (unpaired) electrons. The van der Waals surface area contributed by atoms with E-state index in [0.717, 1.165) is 84.4 Å². The zero-order valence-corrected chi connectivity index (χ0v) is 19.3. The molecule has 0 saturated carbocycles. The van der Waals surface area contributed by atoms with Crippen LogP contribution in [0.5, 0.6) is 0 Å². The quantitative estimate of drug-likeness (QED) is 0.269. The monoisotopic (exact) mass is 502 g/mol. The van der Waals surface area contributed by atoms with Crippen LogP contribution in [-0.4, -0.2) is 77.1 Å². The second-order valence-electron chi connectivity index (χ2n) is 7.27. The van der Waals surface area contributed by atoms with Crippen LogP contribution < -0.4 is 10.2 Å². The summed E-state index contributed by atoms with van der Waals surface area (Å²) in [7, 11) is 1.87. The van der Waals surface area contributed by atoms with Crippen molar-refractivity contribution in [2.45, 2.75) is 19.3 Å². The lowest BCUT2D eigenvalue weighted by molar-refractivity contribution is 0.0203. The lowest BCUT2D eigenvalue weighted by atomic mass is 10.0. The Hall–Kier alpha value is -1.06. The van der Waals surface area contributed by atoms with E-state index >= 15 is 0 Å². The number of halogens is 1. The number of anilines is 1. The Balaban J connectivity index is 0.00000280. The van der Waals surface area contributed by atoms with Crippen LogP contribution in [0.2, 0.25) is 0 Å². The highest BCUT2D eigenvalue weighted by Crippen LogP contribution is 2.16. The molecular formula is C21H35IN4O2. The van der Waals surface area contributed by atoms with Crippen molar-refractivity contribution in [2.75, 3.05) is 71.1 Å². The third-order valence-electron chi connectivity index (χ3n) is 5.36. The first-order valence-electron chi connectivity index (χ1n) is 10.3. The van der Waals surface area contributed by atoms with Gasteiger partial charge in [-0.2, -0.15) is 0 Å². The summed E-state index contributed by atoms with van der Waals surface area (Å²) in [6.45, 7) is 8.41. The van der Waals surface area contributed by atoms with Crippen LogP contribution >= 0.6 is 24.0 Å². The van der Waals surface area contributed by atoms with Crippen molar-refractivity contribution in [1.82, 2.24) is 10.2 Å². The minimum absolute atomic E-state index is 0. The zero-order chi connectivity index (χ0) is 18.7. The van der Waals surface area contributed by atoms with Crippen molar-refractivity contribution in [1.29, 1.82) is 0 Å². The van der Waals surface area contributed by atoms with Crippen LogP contribution in [0.4, 0.5) is 5.69 Å². The van der Waals surface area contributed by atoms with E-state index in [0.29, 0.717) is 5.92 Å². The van der Waals surface area contributed by atoms with Crippen molar-refractivity contribution >= 4 is 35.6 Å². The molecule has 1 aromatic rings. The molecule has 6 nitrogen and oxygen atoms in total.